The fraction of sp³-hybridized carbons (Fsp3) is 0.786. The molecule has 1 aromatic heterocycles. The van der Waals surface area contributed by atoms with Crippen LogP contribution in [-0.4, -0.2) is 16.3 Å². The smallest absolute Gasteiger partial charge is 0.280 e. The molecule has 0 saturated heterocycles. The Kier molecular flexibility index (Phi) is 4.91. The lowest BCUT2D eigenvalue weighted by Crippen LogP contribution is -2.20. The molecule has 108 valence electrons. The number of rotatable bonds is 6. The third kappa shape index (κ3) is 3.53. The summed E-state index contributed by atoms with van der Waals surface area (Å²) < 4.78 is 28.1. The van der Waals surface area contributed by atoms with Crippen LogP contribution in [0.1, 0.15) is 63.3 Å². The molecule has 5 heteroatoms. The molecule has 2 rings (SSSR count). The second-order valence-electron chi connectivity index (χ2n) is 5.76. The summed E-state index contributed by atoms with van der Waals surface area (Å²) in [4.78, 5) is 0. The normalized spacial score (nSPS) is 16.9. The van der Waals surface area contributed by atoms with E-state index in [0.717, 1.165) is 32.2 Å². The van der Waals surface area contributed by atoms with Gasteiger partial charge in [0.05, 0.1) is 12.2 Å². The average Bonchev–Trinajstić information content (AvgIpc) is 2.95. The van der Waals surface area contributed by atoms with E-state index in [2.05, 4.69) is 24.3 Å². The van der Waals surface area contributed by atoms with E-state index in [4.69, 9.17) is 0 Å². The Morgan fingerprint density at radius 1 is 1.37 bits per heavy atom. The predicted octanol–water partition coefficient (Wildman–Crippen LogP) is 3.68. The summed E-state index contributed by atoms with van der Waals surface area (Å²) in [6.07, 6.45) is 3.34. The minimum atomic E-state index is -2.45. The summed E-state index contributed by atoms with van der Waals surface area (Å²) in [6, 6.07) is 0.169. The molecule has 1 N–H and O–H groups in total. The summed E-state index contributed by atoms with van der Waals surface area (Å²) in [5, 5.41) is 7.43. The lowest BCUT2D eigenvalue weighted by Gasteiger charge is -2.15. The molecule has 0 aliphatic heterocycles. The number of aromatic nitrogens is 2. The molecule has 1 aliphatic carbocycles. The number of halogens is 2. The highest BCUT2D eigenvalue weighted by Gasteiger charge is 2.26. The molecule has 1 saturated carbocycles. The van der Waals surface area contributed by atoms with Crippen molar-refractivity contribution in [2.45, 2.75) is 58.5 Å². The first kappa shape index (κ1) is 14.4. The van der Waals surface area contributed by atoms with Gasteiger partial charge in [0.2, 0.25) is 0 Å². The van der Waals surface area contributed by atoms with Gasteiger partial charge in [-0.2, -0.15) is 5.10 Å². The zero-order chi connectivity index (χ0) is 13.8. The SMILES string of the molecule is CC(C)CNCc1cnn(C2CCCC2)c1C(F)F. The Balaban J connectivity index is 2.10. The fourth-order valence-corrected chi connectivity index (χ4v) is 2.72. The van der Waals surface area contributed by atoms with Gasteiger partial charge in [-0.15, -0.1) is 0 Å². The van der Waals surface area contributed by atoms with Gasteiger partial charge in [-0.25, -0.2) is 8.78 Å². The van der Waals surface area contributed by atoms with Crippen molar-refractivity contribution in [1.29, 1.82) is 0 Å². The molecule has 1 aliphatic rings. The van der Waals surface area contributed by atoms with E-state index in [1.54, 1.807) is 10.9 Å². The van der Waals surface area contributed by atoms with Gasteiger partial charge in [0.25, 0.3) is 6.43 Å². The van der Waals surface area contributed by atoms with Gasteiger partial charge in [-0.1, -0.05) is 26.7 Å². The van der Waals surface area contributed by atoms with Gasteiger partial charge in [0.1, 0.15) is 5.69 Å². The van der Waals surface area contributed by atoms with Gasteiger partial charge in [0, 0.05) is 12.1 Å². The minimum absolute atomic E-state index is 0.114. The standard InChI is InChI=1S/C14H23F2N3/c1-10(2)7-17-8-11-9-18-19(13(11)14(15)16)12-5-3-4-6-12/h9-10,12,14,17H,3-8H2,1-2H3. The van der Waals surface area contributed by atoms with Crippen LogP contribution in [0.2, 0.25) is 0 Å². The van der Waals surface area contributed by atoms with E-state index in [1.165, 1.54) is 0 Å². The van der Waals surface area contributed by atoms with Crippen molar-refractivity contribution in [1.82, 2.24) is 15.1 Å². The zero-order valence-electron chi connectivity index (χ0n) is 11.7. The Bertz CT molecular complexity index is 395. The topological polar surface area (TPSA) is 29.9 Å². The first-order valence-corrected chi connectivity index (χ1v) is 7.14. The molecule has 0 aromatic carbocycles. The Labute approximate surface area is 113 Å². The van der Waals surface area contributed by atoms with Crippen LogP contribution in [0.15, 0.2) is 6.20 Å². The highest BCUT2D eigenvalue weighted by Crippen LogP contribution is 2.34. The van der Waals surface area contributed by atoms with Crippen molar-refractivity contribution in [3.8, 4) is 0 Å². The quantitative estimate of drug-likeness (QED) is 0.855. The van der Waals surface area contributed by atoms with E-state index in [9.17, 15) is 8.78 Å². The van der Waals surface area contributed by atoms with Gasteiger partial charge < -0.3 is 5.32 Å². The molecule has 0 unspecified atom stereocenters. The van der Waals surface area contributed by atoms with Crippen LogP contribution in [0.4, 0.5) is 8.78 Å². The fourth-order valence-electron chi connectivity index (χ4n) is 2.72. The first-order valence-electron chi connectivity index (χ1n) is 7.14. The van der Waals surface area contributed by atoms with Crippen LogP contribution < -0.4 is 5.32 Å². The van der Waals surface area contributed by atoms with Gasteiger partial charge in [-0.3, -0.25) is 4.68 Å². The molecular formula is C14H23F2N3. The third-order valence-corrected chi connectivity index (χ3v) is 3.66. The van der Waals surface area contributed by atoms with E-state index < -0.39 is 6.43 Å². The van der Waals surface area contributed by atoms with E-state index in [-0.39, 0.29) is 11.7 Å². The molecule has 19 heavy (non-hydrogen) atoms. The second-order valence-corrected chi connectivity index (χ2v) is 5.76. The van der Waals surface area contributed by atoms with E-state index in [0.29, 0.717) is 18.0 Å². The molecule has 1 fully saturated rings. The lowest BCUT2D eigenvalue weighted by atomic mass is 10.2. The number of alkyl halides is 2. The molecule has 0 atom stereocenters. The van der Waals surface area contributed by atoms with Crippen molar-refractivity contribution in [3.63, 3.8) is 0 Å². The molecule has 0 amide bonds. The second kappa shape index (κ2) is 6.46. The highest BCUT2D eigenvalue weighted by molar-refractivity contribution is 5.20. The summed E-state index contributed by atoms with van der Waals surface area (Å²) in [5.41, 5.74) is 0.755. The summed E-state index contributed by atoms with van der Waals surface area (Å²) in [7, 11) is 0. The molecule has 3 nitrogen and oxygen atoms in total. The summed E-state index contributed by atoms with van der Waals surface area (Å²) in [6.45, 7) is 5.51. The number of hydrogen-bond donors (Lipinski definition) is 1. The van der Waals surface area contributed by atoms with E-state index >= 15 is 0 Å². The summed E-state index contributed by atoms with van der Waals surface area (Å²) in [5.74, 6) is 0.514. The van der Waals surface area contributed by atoms with Gasteiger partial charge in [0.15, 0.2) is 0 Å². The number of hydrogen-bond acceptors (Lipinski definition) is 2. The average molecular weight is 271 g/mol. The number of nitrogens with one attached hydrogen (secondary N) is 1. The van der Waals surface area contributed by atoms with Crippen molar-refractivity contribution < 1.29 is 8.78 Å². The van der Waals surface area contributed by atoms with Crippen LogP contribution >= 0.6 is 0 Å². The predicted molar refractivity (Wildman–Crippen MR) is 71.2 cm³/mol. The Hall–Kier alpha value is -0.970. The van der Waals surface area contributed by atoms with Crippen molar-refractivity contribution >= 4 is 0 Å². The van der Waals surface area contributed by atoms with Crippen molar-refractivity contribution in [2.24, 2.45) is 5.92 Å². The molecule has 0 spiro atoms. The molecule has 0 radical (unpaired) electrons. The van der Waals surface area contributed by atoms with Crippen LogP contribution in [0, 0.1) is 5.92 Å². The van der Waals surface area contributed by atoms with Crippen molar-refractivity contribution in [2.75, 3.05) is 6.54 Å². The van der Waals surface area contributed by atoms with Crippen molar-refractivity contribution in [3.05, 3.63) is 17.5 Å². The van der Waals surface area contributed by atoms with Crippen LogP contribution in [0.5, 0.6) is 0 Å². The minimum Gasteiger partial charge on any atom is -0.312 e. The molecular weight excluding hydrogens is 248 g/mol. The number of nitrogens with zero attached hydrogens (tertiary/aromatic N) is 2. The molecule has 1 aromatic rings. The maximum absolute atomic E-state index is 13.3. The highest BCUT2D eigenvalue weighted by atomic mass is 19.3. The van der Waals surface area contributed by atoms with Crippen LogP contribution in [0.3, 0.4) is 0 Å². The maximum atomic E-state index is 13.3. The monoisotopic (exact) mass is 271 g/mol. The zero-order valence-corrected chi connectivity index (χ0v) is 11.7. The molecule has 1 heterocycles. The third-order valence-electron chi connectivity index (χ3n) is 3.66. The first-order chi connectivity index (χ1) is 9.09. The van der Waals surface area contributed by atoms with E-state index in [1.807, 2.05) is 0 Å². The largest absolute Gasteiger partial charge is 0.312 e. The van der Waals surface area contributed by atoms with Gasteiger partial charge in [-0.05, 0) is 25.3 Å². The van der Waals surface area contributed by atoms with Gasteiger partial charge >= 0.3 is 0 Å². The Morgan fingerprint density at radius 3 is 2.63 bits per heavy atom. The Morgan fingerprint density at radius 2 is 2.05 bits per heavy atom. The summed E-state index contributed by atoms with van der Waals surface area (Å²) >= 11 is 0. The maximum Gasteiger partial charge on any atom is 0.280 e. The molecule has 0 bridgehead atoms. The van der Waals surface area contributed by atoms with Crippen LogP contribution in [-0.2, 0) is 6.54 Å². The van der Waals surface area contributed by atoms with Crippen LogP contribution in [0.25, 0.3) is 0 Å². The lowest BCUT2D eigenvalue weighted by molar-refractivity contribution is 0.134.